The van der Waals surface area contributed by atoms with Crippen molar-refractivity contribution in [2.24, 2.45) is 0 Å². The molecule has 0 spiro atoms. The van der Waals surface area contributed by atoms with Crippen LogP contribution < -0.4 is 5.32 Å². The third kappa shape index (κ3) is 3.69. The van der Waals surface area contributed by atoms with Crippen LogP contribution in [0.1, 0.15) is 36.8 Å². The van der Waals surface area contributed by atoms with E-state index in [0.717, 1.165) is 29.9 Å². The number of hydrogen-bond acceptors (Lipinski definition) is 3. The average molecular weight is 275 g/mol. The van der Waals surface area contributed by atoms with Gasteiger partial charge in [0.1, 0.15) is 0 Å². The van der Waals surface area contributed by atoms with Crippen LogP contribution in [0.25, 0.3) is 0 Å². The van der Waals surface area contributed by atoms with Gasteiger partial charge >= 0.3 is 0 Å². The first-order valence-corrected chi connectivity index (χ1v) is 6.93. The lowest BCUT2D eigenvalue weighted by Gasteiger charge is -2.04. The predicted octanol–water partition coefficient (Wildman–Crippen LogP) is 2.20. The predicted molar refractivity (Wildman–Crippen MR) is 77.5 cm³/mol. The van der Waals surface area contributed by atoms with E-state index in [1.807, 2.05) is 30.7 Å². The molecule has 1 amide bonds. The van der Waals surface area contributed by atoms with Crippen molar-refractivity contribution in [1.82, 2.24) is 20.0 Å². The van der Waals surface area contributed by atoms with Gasteiger partial charge in [0.05, 0.1) is 5.69 Å². The van der Waals surface area contributed by atoms with Crippen molar-refractivity contribution in [3.05, 3.63) is 29.2 Å². The van der Waals surface area contributed by atoms with Crippen molar-refractivity contribution in [2.75, 3.05) is 5.32 Å². The molecule has 0 aliphatic heterocycles. The largest absolute Gasteiger partial charge is 0.309 e. The Hall–Kier alpha value is -2.11. The third-order valence-corrected chi connectivity index (χ3v) is 3.07. The fourth-order valence-electron chi connectivity index (χ4n) is 2.14. The highest BCUT2D eigenvalue weighted by Gasteiger charge is 2.08. The summed E-state index contributed by atoms with van der Waals surface area (Å²) in [6.07, 6.45) is 2.38. The lowest BCUT2D eigenvalue weighted by atomic mass is 10.2. The lowest BCUT2D eigenvalue weighted by Crippen LogP contribution is -2.15. The zero-order valence-corrected chi connectivity index (χ0v) is 12.2. The van der Waals surface area contributed by atoms with Gasteiger partial charge in [0.15, 0.2) is 5.82 Å². The number of rotatable bonds is 6. The lowest BCUT2D eigenvalue weighted by molar-refractivity contribution is -0.116. The first-order valence-electron chi connectivity index (χ1n) is 6.93. The van der Waals surface area contributed by atoms with Crippen molar-refractivity contribution in [1.29, 1.82) is 0 Å². The number of aryl methyl sites for hydroxylation is 4. The summed E-state index contributed by atoms with van der Waals surface area (Å²) >= 11 is 0. The Bertz CT molecular complexity index is 584. The van der Waals surface area contributed by atoms with Crippen LogP contribution in [0.5, 0.6) is 0 Å². The van der Waals surface area contributed by atoms with Gasteiger partial charge in [-0.25, -0.2) is 0 Å². The monoisotopic (exact) mass is 275 g/mol. The van der Waals surface area contributed by atoms with E-state index >= 15 is 0 Å². The van der Waals surface area contributed by atoms with Gasteiger partial charge in [-0.1, -0.05) is 13.3 Å². The number of H-pyrrole nitrogens is 1. The molecule has 0 aliphatic rings. The molecule has 0 fully saturated rings. The molecule has 0 unspecified atom stereocenters. The normalized spacial score (nSPS) is 10.8. The highest BCUT2D eigenvalue weighted by molar-refractivity contribution is 5.89. The van der Waals surface area contributed by atoms with Gasteiger partial charge in [0, 0.05) is 30.4 Å². The Balaban J connectivity index is 1.84. The number of hydrogen-bond donors (Lipinski definition) is 2. The summed E-state index contributed by atoms with van der Waals surface area (Å²) in [7, 11) is 0. The molecule has 0 atom stereocenters. The minimum Gasteiger partial charge on any atom is -0.309 e. The second-order valence-electron chi connectivity index (χ2n) is 4.98. The third-order valence-electron chi connectivity index (χ3n) is 3.07. The number of amides is 1. The fraction of sp³-hybridized carbons (Fsp3) is 0.500. The number of nitrogens with one attached hydrogen (secondary N) is 2. The van der Waals surface area contributed by atoms with Crippen LogP contribution in [0.4, 0.5) is 5.82 Å². The van der Waals surface area contributed by atoms with Crippen LogP contribution in [0.15, 0.2) is 12.1 Å². The second kappa shape index (κ2) is 6.36. The van der Waals surface area contributed by atoms with Crippen LogP contribution in [0, 0.1) is 13.8 Å². The fourth-order valence-corrected chi connectivity index (χ4v) is 2.14. The molecular weight excluding hydrogens is 254 g/mol. The number of carbonyl (C=O) groups is 1. The van der Waals surface area contributed by atoms with Gasteiger partial charge in [-0.15, -0.1) is 0 Å². The molecule has 6 nitrogen and oxygen atoms in total. The van der Waals surface area contributed by atoms with E-state index in [1.54, 1.807) is 0 Å². The Morgan fingerprint density at radius 3 is 2.85 bits per heavy atom. The maximum atomic E-state index is 11.9. The molecule has 0 radical (unpaired) electrons. The highest BCUT2D eigenvalue weighted by Crippen LogP contribution is 2.08. The first kappa shape index (κ1) is 14.3. The second-order valence-corrected chi connectivity index (χ2v) is 4.98. The smallest absolute Gasteiger partial charge is 0.227 e. The number of carbonyl (C=O) groups excluding carboxylic acids is 1. The number of aromatic amines is 1. The number of anilines is 1. The minimum absolute atomic E-state index is 0.0490. The van der Waals surface area contributed by atoms with E-state index in [-0.39, 0.29) is 5.91 Å². The van der Waals surface area contributed by atoms with Gasteiger partial charge in [-0.2, -0.15) is 10.2 Å². The summed E-state index contributed by atoms with van der Waals surface area (Å²) in [6, 6.07) is 3.88. The summed E-state index contributed by atoms with van der Waals surface area (Å²) in [5.41, 5.74) is 3.08. The molecule has 0 aromatic carbocycles. The summed E-state index contributed by atoms with van der Waals surface area (Å²) in [4.78, 5) is 11.9. The van der Waals surface area contributed by atoms with Crippen LogP contribution in [0.3, 0.4) is 0 Å². The van der Waals surface area contributed by atoms with E-state index in [4.69, 9.17) is 0 Å². The zero-order valence-electron chi connectivity index (χ0n) is 12.2. The molecule has 2 aromatic rings. The molecular formula is C14H21N5O. The van der Waals surface area contributed by atoms with E-state index in [0.29, 0.717) is 18.8 Å². The Kier molecular flexibility index (Phi) is 4.55. The summed E-state index contributed by atoms with van der Waals surface area (Å²) in [6.45, 7) is 6.62. The van der Waals surface area contributed by atoms with Gasteiger partial charge in [-0.3, -0.25) is 14.6 Å². The highest BCUT2D eigenvalue weighted by atomic mass is 16.1. The maximum absolute atomic E-state index is 11.9. The van der Waals surface area contributed by atoms with Crippen LogP contribution >= 0.6 is 0 Å². The van der Waals surface area contributed by atoms with Gasteiger partial charge in [0.2, 0.25) is 5.91 Å². The van der Waals surface area contributed by atoms with E-state index in [2.05, 4.69) is 27.5 Å². The molecule has 20 heavy (non-hydrogen) atoms. The van der Waals surface area contributed by atoms with Crippen molar-refractivity contribution in [3.8, 4) is 0 Å². The molecule has 2 heterocycles. The van der Waals surface area contributed by atoms with Crippen molar-refractivity contribution in [3.63, 3.8) is 0 Å². The first-order chi connectivity index (χ1) is 9.58. The topological polar surface area (TPSA) is 75.6 Å². The van der Waals surface area contributed by atoms with Gasteiger partial charge in [-0.05, 0) is 26.3 Å². The Morgan fingerprint density at radius 2 is 2.20 bits per heavy atom. The van der Waals surface area contributed by atoms with E-state index < -0.39 is 0 Å². The number of nitrogens with zero attached hydrogens (tertiary/aromatic N) is 3. The van der Waals surface area contributed by atoms with Gasteiger partial charge < -0.3 is 5.32 Å². The van der Waals surface area contributed by atoms with Crippen molar-refractivity contribution in [2.45, 2.75) is 46.6 Å². The maximum Gasteiger partial charge on any atom is 0.227 e. The van der Waals surface area contributed by atoms with Crippen molar-refractivity contribution < 1.29 is 4.79 Å². The van der Waals surface area contributed by atoms with Crippen LogP contribution in [0.2, 0.25) is 0 Å². The Morgan fingerprint density at radius 1 is 1.40 bits per heavy atom. The summed E-state index contributed by atoms with van der Waals surface area (Å²) < 4.78 is 1.85. The molecule has 0 saturated heterocycles. The SMILES string of the molecule is CCCc1cc(NC(=O)CCn2nc(C)cc2C)n[nH]1. The molecule has 0 saturated carbocycles. The molecule has 2 N–H and O–H groups in total. The standard InChI is InChI=1S/C14H21N5O/c1-4-5-12-9-13(17-16-12)15-14(20)6-7-19-11(3)8-10(2)18-19/h8-9H,4-7H2,1-3H3,(H2,15,16,17,20). The quantitative estimate of drug-likeness (QED) is 0.848. The molecule has 2 aromatic heterocycles. The van der Waals surface area contributed by atoms with Gasteiger partial charge in [0.25, 0.3) is 0 Å². The molecule has 0 bridgehead atoms. The van der Waals surface area contributed by atoms with E-state index in [1.165, 1.54) is 0 Å². The van der Waals surface area contributed by atoms with Crippen molar-refractivity contribution >= 4 is 11.7 Å². The zero-order chi connectivity index (χ0) is 14.5. The van der Waals surface area contributed by atoms with E-state index in [9.17, 15) is 4.79 Å². The summed E-state index contributed by atoms with van der Waals surface area (Å²) in [5.74, 6) is 0.541. The Labute approximate surface area is 118 Å². The minimum atomic E-state index is -0.0490. The molecule has 2 rings (SSSR count). The average Bonchev–Trinajstić information content (AvgIpc) is 2.94. The molecule has 108 valence electrons. The summed E-state index contributed by atoms with van der Waals surface area (Å²) in [5, 5.41) is 14.1. The molecule has 6 heteroatoms. The van der Waals surface area contributed by atoms with Crippen LogP contribution in [-0.2, 0) is 17.8 Å². The number of aromatic nitrogens is 4. The van der Waals surface area contributed by atoms with Crippen LogP contribution in [-0.4, -0.2) is 25.9 Å². The molecule has 0 aliphatic carbocycles.